The van der Waals surface area contributed by atoms with Crippen LogP contribution in [-0.4, -0.2) is 80.6 Å². The quantitative estimate of drug-likeness (QED) is 0.0293. The van der Waals surface area contributed by atoms with Crippen molar-refractivity contribution in [3.63, 3.8) is 0 Å². The molecule has 0 amide bonds. The molecule has 0 aromatic carbocycles. The number of carboxylic acids is 1. The molecule has 0 aliphatic carbocycles. The van der Waals surface area contributed by atoms with Gasteiger partial charge in [-0.05, 0) is 38.5 Å². The van der Waals surface area contributed by atoms with Gasteiger partial charge in [0.15, 0.2) is 12.1 Å². The van der Waals surface area contributed by atoms with Gasteiger partial charge in [-0.1, -0.05) is 148 Å². The second-order valence-corrected chi connectivity index (χ2v) is 15.6. The minimum Gasteiger partial charge on any atom is -0.477 e. The van der Waals surface area contributed by atoms with Gasteiger partial charge in [-0.25, -0.2) is 4.79 Å². The first kappa shape index (κ1) is 49.1. The Morgan fingerprint density at radius 3 is 1.41 bits per heavy atom. The zero-order valence-electron chi connectivity index (χ0n) is 34.1. The van der Waals surface area contributed by atoms with E-state index >= 15 is 0 Å². The van der Waals surface area contributed by atoms with Crippen LogP contribution < -0.4 is 0 Å². The van der Waals surface area contributed by atoms with Crippen LogP contribution in [0.4, 0.5) is 0 Å². The van der Waals surface area contributed by atoms with Crippen molar-refractivity contribution in [1.29, 1.82) is 0 Å². The summed E-state index contributed by atoms with van der Waals surface area (Å²) in [4.78, 5) is 36.8. The summed E-state index contributed by atoms with van der Waals surface area (Å²) < 4.78 is 17.2. The van der Waals surface area contributed by atoms with Gasteiger partial charge in [0, 0.05) is 19.3 Å². The summed E-state index contributed by atoms with van der Waals surface area (Å²) >= 11 is 0. The van der Waals surface area contributed by atoms with Crippen LogP contribution in [0.25, 0.3) is 0 Å². The molecule has 0 aliphatic rings. The average molecular weight is 725 g/mol. The van der Waals surface area contributed by atoms with E-state index in [1.54, 1.807) is 0 Å². The summed E-state index contributed by atoms with van der Waals surface area (Å²) in [7, 11) is 5.52. The molecule has 300 valence electrons. The standard InChI is InChI=1S/C43H81NO7/c1-6-8-10-12-14-16-18-19-20-21-22-24-25-27-29-31-33-41(45)50-38-39(37-49-36-35-40(43(47)48)44(3,4)5)51-42(46)34-32-30-28-26-23-17-15-13-11-9-7-2/h20-21,39-40H,6-19,22-38H2,1-5H3/p+1/b21-20+. The maximum Gasteiger partial charge on any atom is 0.362 e. The molecule has 0 bridgehead atoms. The summed E-state index contributed by atoms with van der Waals surface area (Å²) in [5.41, 5.74) is 0. The highest BCUT2D eigenvalue weighted by Crippen LogP contribution is 2.14. The lowest BCUT2D eigenvalue weighted by atomic mass is 10.1. The maximum atomic E-state index is 12.7. The second kappa shape index (κ2) is 35.1. The molecule has 0 aromatic rings. The minimum absolute atomic E-state index is 0.0499. The Morgan fingerprint density at radius 1 is 0.569 bits per heavy atom. The fourth-order valence-electron chi connectivity index (χ4n) is 6.32. The third kappa shape index (κ3) is 33.6. The lowest BCUT2D eigenvalue weighted by Gasteiger charge is -2.31. The van der Waals surface area contributed by atoms with Crippen molar-refractivity contribution in [3.05, 3.63) is 12.2 Å². The van der Waals surface area contributed by atoms with Gasteiger partial charge in [-0.3, -0.25) is 9.59 Å². The van der Waals surface area contributed by atoms with E-state index in [4.69, 9.17) is 14.2 Å². The first-order chi connectivity index (χ1) is 24.6. The molecule has 0 rings (SSSR count). The maximum absolute atomic E-state index is 12.7. The van der Waals surface area contributed by atoms with Crippen LogP contribution in [0.3, 0.4) is 0 Å². The number of hydrogen-bond acceptors (Lipinski definition) is 6. The van der Waals surface area contributed by atoms with Crippen LogP contribution >= 0.6 is 0 Å². The first-order valence-electron chi connectivity index (χ1n) is 21.2. The number of allylic oxidation sites excluding steroid dienone is 2. The number of unbranched alkanes of at least 4 members (excludes halogenated alkanes) is 22. The summed E-state index contributed by atoms with van der Waals surface area (Å²) in [5, 5.41) is 9.59. The molecule has 8 nitrogen and oxygen atoms in total. The molecule has 0 aromatic heterocycles. The van der Waals surface area contributed by atoms with Crippen LogP contribution in [-0.2, 0) is 28.6 Å². The molecule has 51 heavy (non-hydrogen) atoms. The van der Waals surface area contributed by atoms with Crippen LogP contribution in [0.1, 0.15) is 194 Å². The Morgan fingerprint density at radius 2 is 0.980 bits per heavy atom. The van der Waals surface area contributed by atoms with E-state index in [0.29, 0.717) is 19.3 Å². The molecule has 0 aliphatic heterocycles. The highest BCUT2D eigenvalue weighted by Gasteiger charge is 2.31. The van der Waals surface area contributed by atoms with Gasteiger partial charge in [-0.2, -0.15) is 0 Å². The third-order valence-electron chi connectivity index (χ3n) is 9.66. The number of quaternary nitrogens is 1. The van der Waals surface area contributed by atoms with E-state index in [2.05, 4.69) is 26.0 Å². The minimum atomic E-state index is -0.874. The lowest BCUT2D eigenvalue weighted by Crippen LogP contribution is -2.50. The summed E-state index contributed by atoms with van der Waals surface area (Å²) in [6.07, 6.45) is 35.3. The summed E-state index contributed by atoms with van der Waals surface area (Å²) in [6, 6.07) is -0.610. The molecule has 0 heterocycles. The van der Waals surface area contributed by atoms with Gasteiger partial charge in [0.25, 0.3) is 0 Å². The van der Waals surface area contributed by atoms with E-state index < -0.39 is 18.1 Å². The number of esters is 2. The molecule has 8 heteroatoms. The van der Waals surface area contributed by atoms with Gasteiger partial charge >= 0.3 is 17.9 Å². The highest BCUT2D eigenvalue weighted by molar-refractivity contribution is 5.72. The van der Waals surface area contributed by atoms with Crippen molar-refractivity contribution >= 4 is 17.9 Å². The Bertz CT molecular complexity index is 854. The van der Waals surface area contributed by atoms with Crippen molar-refractivity contribution in [2.75, 3.05) is 41.0 Å². The fourth-order valence-corrected chi connectivity index (χ4v) is 6.32. The Hall–Kier alpha value is -1.93. The first-order valence-corrected chi connectivity index (χ1v) is 21.2. The molecule has 2 unspecified atom stereocenters. The van der Waals surface area contributed by atoms with E-state index in [0.717, 1.165) is 44.9 Å². The number of hydrogen-bond donors (Lipinski definition) is 1. The van der Waals surface area contributed by atoms with Crippen molar-refractivity contribution in [2.45, 2.75) is 206 Å². The molecule has 1 N–H and O–H groups in total. The topological polar surface area (TPSA) is 99.1 Å². The largest absolute Gasteiger partial charge is 0.477 e. The zero-order valence-corrected chi connectivity index (χ0v) is 34.1. The normalized spacial score (nSPS) is 13.0. The van der Waals surface area contributed by atoms with Crippen molar-refractivity contribution in [3.8, 4) is 0 Å². The van der Waals surface area contributed by atoms with E-state index in [1.165, 1.54) is 116 Å². The molecule has 0 saturated carbocycles. The average Bonchev–Trinajstić information content (AvgIpc) is 3.08. The monoisotopic (exact) mass is 725 g/mol. The SMILES string of the molecule is CCCCCCCCC/C=C/CCCCCCCC(=O)OCC(COCCC(C(=O)O)[N+](C)(C)C)OC(=O)CCCCCCCCCCCCC. The molecule has 0 radical (unpaired) electrons. The van der Waals surface area contributed by atoms with Gasteiger partial charge in [-0.15, -0.1) is 0 Å². The van der Waals surface area contributed by atoms with Crippen LogP contribution in [0.15, 0.2) is 12.2 Å². The number of likely N-dealkylation sites (N-methyl/N-ethyl adjacent to an activating group) is 1. The number of carbonyl (C=O) groups excluding carboxylic acids is 2. The zero-order chi connectivity index (χ0) is 37.8. The van der Waals surface area contributed by atoms with E-state index in [-0.39, 0.29) is 36.2 Å². The Labute approximate surface area is 314 Å². The smallest absolute Gasteiger partial charge is 0.362 e. The van der Waals surface area contributed by atoms with Crippen LogP contribution in [0.5, 0.6) is 0 Å². The van der Waals surface area contributed by atoms with E-state index in [1.807, 2.05) is 21.1 Å². The number of rotatable bonds is 38. The number of nitrogens with zero attached hydrogens (tertiary/aromatic N) is 1. The lowest BCUT2D eigenvalue weighted by molar-refractivity contribution is -0.887. The van der Waals surface area contributed by atoms with Gasteiger partial charge in [0.1, 0.15) is 6.61 Å². The predicted octanol–water partition coefficient (Wildman–Crippen LogP) is 11.1. The number of carboxylic acid groups (broad SMARTS) is 1. The molecular formula is C43H82NO7+. The van der Waals surface area contributed by atoms with E-state index in [9.17, 15) is 19.5 Å². The molecule has 0 fully saturated rings. The molecular weight excluding hydrogens is 642 g/mol. The van der Waals surface area contributed by atoms with Crippen molar-refractivity contribution in [2.24, 2.45) is 0 Å². The number of aliphatic carboxylic acids is 1. The summed E-state index contributed by atoms with van der Waals surface area (Å²) in [5.74, 6) is -1.47. The predicted molar refractivity (Wildman–Crippen MR) is 211 cm³/mol. The summed E-state index contributed by atoms with van der Waals surface area (Å²) in [6.45, 7) is 4.73. The van der Waals surface area contributed by atoms with Crippen LogP contribution in [0, 0.1) is 0 Å². The third-order valence-corrected chi connectivity index (χ3v) is 9.66. The van der Waals surface area contributed by atoms with Crippen molar-refractivity contribution < 1.29 is 38.2 Å². The Balaban J connectivity index is 4.33. The fraction of sp³-hybridized carbons (Fsp3) is 0.884. The second-order valence-electron chi connectivity index (χ2n) is 15.6. The number of ether oxygens (including phenoxy) is 3. The molecule has 2 atom stereocenters. The van der Waals surface area contributed by atoms with Crippen LogP contribution in [0.2, 0.25) is 0 Å². The Kier molecular flexibility index (Phi) is 33.8. The molecule has 0 spiro atoms. The van der Waals surface area contributed by atoms with Crippen molar-refractivity contribution in [1.82, 2.24) is 0 Å². The molecule has 0 saturated heterocycles. The van der Waals surface area contributed by atoms with Gasteiger partial charge < -0.3 is 23.8 Å². The number of carbonyl (C=O) groups is 3. The van der Waals surface area contributed by atoms with Gasteiger partial charge in [0.2, 0.25) is 0 Å². The highest BCUT2D eigenvalue weighted by atomic mass is 16.6. The van der Waals surface area contributed by atoms with Gasteiger partial charge in [0.05, 0.1) is 34.4 Å².